The average Bonchev–Trinajstić information content (AvgIpc) is 3.06. The molecule has 30 heavy (non-hydrogen) atoms. The summed E-state index contributed by atoms with van der Waals surface area (Å²) in [6, 6.07) is 0. The Morgan fingerprint density at radius 3 is 2.47 bits per heavy atom. The van der Waals surface area contributed by atoms with Gasteiger partial charge in [0.25, 0.3) is 0 Å². The molecule has 0 radical (unpaired) electrons. The Kier molecular flexibility index (Phi) is 6.17. The molecule has 4 aliphatic carbocycles. The summed E-state index contributed by atoms with van der Waals surface area (Å²) in [5.74, 6) is 4.45. The fourth-order valence-electron chi connectivity index (χ4n) is 8.17. The molecule has 0 heterocycles. The van der Waals surface area contributed by atoms with Gasteiger partial charge in [-0.15, -0.1) is 0 Å². The van der Waals surface area contributed by atoms with Crippen molar-refractivity contribution in [2.24, 2.45) is 46.3 Å². The summed E-state index contributed by atoms with van der Waals surface area (Å²) in [6.07, 6.45) is 19.7. The van der Waals surface area contributed by atoms with E-state index in [4.69, 9.17) is 0 Å². The zero-order chi connectivity index (χ0) is 21.7. The monoisotopic (exact) mass is 410 g/mol. The smallest absolute Gasteiger partial charge is 0.0578 e. The lowest BCUT2D eigenvalue weighted by molar-refractivity contribution is 0.0382. The van der Waals surface area contributed by atoms with E-state index in [0.29, 0.717) is 16.7 Å². The second kappa shape index (κ2) is 8.27. The number of aliphatic hydroxyl groups is 1. The molecule has 3 fully saturated rings. The maximum absolute atomic E-state index is 10.2. The third kappa shape index (κ3) is 3.58. The quantitative estimate of drug-likeness (QED) is 0.460. The molecule has 0 amide bonds. The van der Waals surface area contributed by atoms with E-state index in [9.17, 15) is 5.11 Å². The van der Waals surface area contributed by atoms with Crippen LogP contribution in [0, 0.1) is 46.3 Å². The van der Waals surface area contributed by atoms with Crippen molar-refractivity contribution in [3.05, 3.63) is 35.5 Å². The Hall–Kier alpha value is -0.820. The van der Waals surface area contributed by atoms with Gasteiger partial charge in [0.2, 0.25) is 0 Å². The number of aliphatic hydroxyl groups excluding tert-OH is 1. The van der Waals surface area contributed by atoms with Crippen LogP contribution in [0.5, 0.6) is 0 Å². The highest BCUT2D eigenvalue weighted by molar-refractivity contribution is 5.39. The highest BCUT2D eigenvalue weighted by atomic mass is 16.3. The molecule has 0 aromatic carbocycles. The van der Waals surface area contributed by atoms with E-state index in [-0.39, 0.29) is 6.10 Å². The predicted octanol–water partition coefficient (Wildman–Crippen LogP) is 7.72. The van der Waals surface area contributed by atoms with Crippen molar-refractivity contribution in [2.75, 3.05) is 0 Å². The zero-order valence-corrected chi connectivity index (χ0v) is 20.5. The Morgan fingerprint density at radius 2 is 1.77 bits per heavy atom. The van der Waals surface area contributed by atoms with Crippen LogP contribution in [0.15, 0.2) is 35.5 Å². The summed E-state index contributed by atoms with van der Waals surface area (Å²) in [4.78, 5) is 0. The van der Waals surface area contributed by atoms with E-state index in [0.717, 1.165) is 42.4 Å². The molecule has 1 heteroatoms. The third-order valence-electron chi connectivity index (χ3n) is 10.2. The largest absolute Gasteiger partial charge is 0.393 e. The first kappa shape index (κ1) is 22.4. The predicted molar refractivity (Wildman–Crippen MR) is 128 cm³/mol. The van der Waals surface area contributed by atoms with Crippen LogP contribution in [-0.4, -0.2) is 11.2 Å². The highest BCUT2D eigenvalue weighted by Crippen LogP contribution is 2.66. The lowest BCUT2D eigenvalue weighted by atomic mass is 9.50. The maximum atomic E-state index is 10.2. The van der Waals surface area contributed by atoms with Crippen molar-refractivity contribution in [2.45, 2.75) is 99.0 Å². The minimum atomic E-state index is -0.116. The van der Waals surface area contributed by atoms with Crippen molar-refractivity contribution < 1.29 is 5.11 Å². The van der Waals surface area contributed by atoms with Gasteiger partial charge in [-0.25, -0.2) is 0 Å². The second-order valence-electron chi connectivity index (χ2n) is 12.1. The van der Waals surface area contributed by atoms with Crippen LogP contribution in [0.4, 0.5) is 0 Å². The first-order valence-corrected chi connectivity index (χ1v) is 13.0. The molecule has 0 saturated heterocycles. The molecular formula is C29H46O. The van der Waals surface area contributed by atoms with Gasteiger partial charge in [0, 0.05) is 0 Å². The third-order valence-corrected chi connectivity index (χ3v) is 10.2. The summed E-state index contributed by atoms with van der Waals surface area (Å²) >= 11 is 0. The first-order valence-electron chi connectivity index (χ1n) is 13.0. The zero-order valence-electron chi connectivity index (χ0n) is 20.5. The number of rotatable bonds is 5. The van der Waals surface area contributed by atoms with Crippen LogP contribution in [0.25, 0.3) is 0 Å². The minimum Gasteiger partial charge on any atom is -0.393 e. The lowest BCUT2D eigenvalue weighted by Crippen LogP contribution is -2.46. The van der Waals surface area contributed by atoms with Crippen LogP contribution in [0.1, 0.15) is 92.9 Å². The Balaban J connectivity index is 1.56. The van der Waals surface area contributed by atoms with Gasteiger partial charge >= 0.3 is 0 Å². The van der Waals surface area contributed by atoms with E-state index >= 15 is 0 Å². The van der Waals surface area contributed by atoms with Crippen molar-refractivity contribution in [3.8, 4) is 0 Å². The number of hydrogen-bond donors (Lipinski definition) is 1. The van der Waals surface area contributed by atoms with Crippen molar-refractivity contribution >= 4 is 0 Å². The number of fused-ring (bicyclic) bond motifs is 5. The first-order chi connectivity index (χ1) is 14.2. The molecule has 0 aromatic heterocycles. The van der Waals surface area contributed by atoms with Gasteiger partial charge < -0.3 is 5.11 Å². The SMILES string of the molecule is CC[C@H](C=C[C@H](C)[C@H]1CC[C@@H]2C3=CC=C4C[C@@H](O)CC[C@]4(C)[C@@H]3CC[C@@]21C)C(C)C. The van der Waals surface area contributed by atoms with E-state index in [2.05, 4.69) is 65.8 Å². The molecule has 0 unspecified atom stereocenters. The molecule has 168 valence electrons. The molecule has 0 aliphatic heterocycles. The Labute approximate surface area is 186 Å². The van der Waals surface area contributed by atoms with E-state index in [1.54, 1.807) is 5.57 Å². The summed E-state index contributed by atoms with van der Waals surface area (Å²) in [5, 5.41) is 10.2. The fraction of sp³-hybridized carbons (Fsp3) is 0.793. The molecule has 1 nitrogen and oxygen atoms in total. The Bertz CT molecular complexity index is 727. The van der Waals surface area contributed by atoms with Crippen LogP contribution in [-0.2, 0) is 0 Å². The molecule has 4 rings (SSSR count). The number of hydrogen-bond acceptors (Lipinski definition) is 1. The van der Waals surface area contributed by atoms with Gasteiger partial charge in [0.1, 0.15) is 0 Å². The van der Waals surface area contributed by atoms with Gasteiger partial charge in [-0.05, 0) is 97.7 Å². The van der Waals surface area contributed by atoms with Crippen LogP contribution < -0.4 is 0 Å². The van der Waals surface area contributed by atoms with E-state index < -0.39 is 0 Å². The van der Waals surface area contributed by atoms with Gasteiger partial charge in [-0.1, -0.05) is 77.0 Å². The molecule has 8 atom stereocenters. The van der Waals surface area contributed by atoms with Gasteiger partial charge in [-0.2, -0.15) is 0 Å². The summed E-state index contributed by atoms with van der Waals surface area (Å²) in [6.45, 7) is 14.7. The lowest BCUT2D eigenvalue weighted by Gasteiger charge is -2.55. The van der Waals surface area contributed by atoms with Crippen LogP contribution >= 0.6 is 0 Å². The van der Waals surface area contributed by atoms with Crippen molar-refractivity contribution in [1.82, 2.24) is 0 Å². The summed E-state index contributed by atoms with van der Waals surface area (Å²) in [7, 11) is 0. The molecule has 0 spiro atoms. The normalized spacial score (nSPS) is 42.9. The Morgan fingerprint density at radius 1 is 1.00 bits per heavy atom. The van der Waals surface area contributed by atoms with Gasteiger partial charge in [0.15, 0.2) is 0 Å². The average molecular weight is 411 g/mol. The second-order valence-corrected chi connectivity index (χ2v) is 12.1. The molecule has 3 saturated carbocycles. The molecule has 4 aliphatic rings. The highest BCUT2D eigenvalue weighted by Gasteiger charge is 2.56. The van der Waals surface area contributed by atoms with E-state index in [1.807, 2.05) is 0 Å². The van der Waals surface area contributed by atoms with Gasteiger partial charge in [0.05, 0.1) is 6.10 Å². The molecular weight excluding hydrogens is 364 g/mol. The molecule has 0 aromatic rings. The van der Waals surface area contributed by atoms with Crippen LogP contribution in [0.2, 0.25) is 0 Å². The van der Waals surface area contributed by atoms with Crippen molar-refractivity contribution in [1.29, 1.82) is 0 Å². The van der Waals surface area contributed by atoms with Crippen molar-refractivity contribution in [3.63, 3.8) is 0 Å². The standard InChI is InChI=1S/C29H46O/c1-7-21(19(2)3)9-8-20(4)25-12-13-26-24-11-10-22-18-23(30)14-16-28(22,5)27(24)15-17-29(25,26)6/h8-11,19-21,23,25-27,30H,7,12-18H2,1-6H3/t20-,21+,23-,25+,26+,27+,28-,29+/m0/s1. The topological polar surface area (TPSA) is 20.2 Å². The molecule has 1 N–H and O–H groups in total. The summed E-state index contributed by atoms with van der Waals surface area (Å²) < 4.78 is 0. The maximum Gasteiger partial charge on any atom is 0.0578 e. The minimum absolute atomic E-state index is 0.116. The van der Waals surface area contributed by atoms with Crippen LogP contribution in [0.3, 0.4) is 0 Å². The van der Waals surface area contributed by atoms with E-state index in [1.165, 1.54) is 44.1 Å². The molecule has 0 bridgehead atoms. The summed E-state index contributed by atoms with van der Waals surface area (Å²) in [5.41, 5.74) is 4.07. The number of allylic oxidation sites excluding steroid dienone is 5. The fourth-order valence-corrected chi connectivity index (χ4v) is 8.17. The van der Waals surface area contributed by atoms with Gasteiger partial charge in [-0.3, -0.25) is 0 Å².